The molecule has 2 nitrogen and oxygen atoms in total. The smallest absolute Gasteiger partial charge is 0.108 e. The van der Waals surface area contributed by atoms with E-state index in [1.54, 1.807) is 0 Å². The van der Waals surface area contributed by atoms with Crippen LogP contribution in [0.5, 0.6) is 0 Å². The highest BCUT2D eigenvalue weighted by atomic mass is 32.2. The Morgan fingerprint density at radius 3 is 2.82 bits per heavy atom. The monoisotopic (exact) mass is 252 g/mol. The van der Waals surface area contributed by atoms with Crippen LogP contribution in [0.1, 0.15) is 58.8 Å². The van der Waals surface area contributed by atoms with Gasteiger partial charge in [0.2, 0.25) is 0 Å². The molecule has 2 aliphatic carbocycles. The molecule has 0 bridgehead atoms. The average molecular weight is 252 g/mol. The fourth-order valence-electron chi connectivity index (χ4n) is 2.65. The number of rotatable bonds is 5. The van der Waals surface area contributed by atoms with Crippen molar-refractivity contribution in [1.29, 1.82) is 5.26 Å². The van der Waals surface area contributed by atoms with Gasteiger partial charge in [-0.2, -0.15) is 17.0 Å². The molecule has 3 unspecified atom stereocenters. The van der Waals surface area contributed by atoms with E-state index >= 15 is 0 Å². The molecule has 0 aromatic carbocycles. The Morgan fingerprint density at radius 1 is 1.47 bits per heavy atom. The van der Waals surface area contributed by atoms with Crippen molar-refractivity contribution < 1.29 is 0 Å². The van der Waals surface area contributed by atoms with E-state index in [1.807, 2.05) is 0 Å². The molecule has 17 heavy (non-hydrogen) atoms. The number of nitriles is 1. The Kier molecular flexibility index (Phi) is 4.38. The van der Waals surface area contributed by atoms with Crippen molar-refractivity contribution in [2.75, 3.05) is 0 Å². The number of nitrogens with zero attached hydrogens (tertiary/aromatic N) is 1. The van der Waals surface area contributed by atoms with Gasteiger partial charge in [0.1, 0.15) is 5.54 Å². The van der Waals surface area contributed by atoms with Crippen LogP contribution in [0.4, 0.5) is 0 Å². The first-order valence-electron chi connectivity index (χ1n) is 7.02. The van der Waals surface area contributed by atoms with E-state index in [-0.39, 0.29) is 5.54 Å². The molecule has 0 spiro atoms. The third-order valence-electron chi connectivity index (χ3n) is 3.98. The molecular weight excluding hydrogens is 228 g/mol. The first-order valence-corrected chi connectivity index (χ1v) is 7.96. The molecule has 2 fully saturated rings. The van der Waals surface area contributed by atoms with E-state index < -0.39 is 0 Å². The van der Waals surface area contributed by atoms with Crippen LogP contribution in [0, 0.1) is 11.3 Å². The van der Waals surface area contributed by atoms with Gasteiger partial charge in [0.15, 0.2) is 0 Å². The van der Waals surface area contributed by atoms with Crippen LogP contribution in [0.3, 0.4) is 0 Å². The van der Waals surface area contributed by atoms with Crippen molar-refractivity contribution in [3.63, 3.8) is 0 Å². The van der Waals surface area contributed by atoms with Crippen LogP contribution in [0.2, 0.25) is 0 Å². The summed E-state index contributed by atoms with van der Waals surface area (Å²) in [5, 5.41) is 14.5. The topological polar surface area (TPSA) is 35.8 Å². The SMILES string of the molecule is CCC(C)SC1CCCC(C#N)(NC2CC2)C1. The van der Waals surface area contributed by atoms with Gasteiger partial charge < -0.3 is 0 Å². The first-order chi connectivity index (χ1) is 8.17. The van der Waals surface area contributed by atoms with Crippen molar-refractivity contribution in [2.45, 2.75) is 80.9 Å². The molecule has 0 radical (unpaired) electrons. The lowest BCUT2D eigenvalue weighted by molar-refractivity contribution is 0.301. The molecule has 0 aromatic heterocycles. The summed E-state index contributed by atoms with van der Waals surface area (Å²) in [4.78, 5) is 0. The largest absolute Gasteiger partial charge is 0.297 e. The lowest BCUT2D eigenvalue weighted by atomic mass is 9.82. The zero-order chi connectivity index (χ0) is 12.3. The minimum Gasteiger partial charge on any atom is -0.297 e. The maximum atomic E-state index is 9.51. The third-order valence-corrected chi connectivity index (χ3v) is 5.56. The molecule has 1 N–H and O–H groups in total. The maximum absolute atomic E-state index is 9.51. The quantitative estimate of drug-likeness (QED) is 0.814. The van der Waals surface area contributed by atoms with Gasteiger partial charge in [0.05, 0.1) is 6.07 Å². The zero-order valence-electron chi connectivity index (χ0n) is 11.0. The number of thioether (sulfide) groups is 1. The number of nitrogens with one attached hydrogen (secondary N) is 1. The van der Waals surface area contributed by atoms with Gasteiger partial charge in [-0.3, -0.25) is 5.32 Å². The van der Waals surface area contributed by atoms with Gasteiger partial charge in [0.25, 0.3) is 0 Å². The van der Waals surface area contributed by atoms with E-state index in [0.29, 0.717) is 11.3 Å². The first kappa shape index (κ1) is 13.2. The van der Waals surface area contributed by atoms with Crippen LogP contribution in [0.25, 0.3) is 0 Å². The average Bonchev–Trinajstić information content (AvgIpc) is 3.13. The second-order valence-corrected chi connectivity index (χ2v) is 7.43. The molecular formula is C14H24N2S. The number of hydrogen-bond donors (Lipinski definition) is 1. The Balaban J connectivity index is 1.91. The van der Waals surface area contributed by atoms with Gasteiger partial charge in [-0.1, -0.05) is 13.8 Å². The van der Waals surface area contributed by atoms with Gasteiger partial charge in [-0.05, 0) is 44.9 Å². The molecule has 0 saturated heterocycles. The highest BCUT2D eigenvalue weighted by Crippen LogP contribution is 2.38. The molecule has 3 heteroatoms. The van der Waals surface area contributed by atoms with Crippen LogP contribution < -0.4 is 5.32 Å². The van der Waals surface area contributed by atoms with Crippen molar-refractivity contribution in [3.05, 3.63) is 0 Å². The molecule has 2 aliphatic rings. The Hall–Kier alpha value is -0.200. The minimum atomic E-state index is -0.204. The van der Waals surface area contributed by atoms with Gasteiger partial charge in [0, 0.05) is 16.5 Å². The van der Waals surface area contributed by atoms with Crippen molar-refractivity contribution in [2.24, 2.45) is 0 Å². The summed E-state index contributed by atoms with van der Waals surface area (Å²) in [6, 6.07) is 3.23. The zero-order valence-corrected chi connectivity index (χ0v) is 11.9. The number of hydrogen-bond acceptors (Lipinski definition) is 3. The van der Waals surface area contributed by atoms with Crippen molar-refractivity contribution in [1.82, 2.24) is 5.32 Å². The van der Waals surface area contributed by atoms with Crippen LogP contribution in [0.15, 0.2) is 0 Å². The fourth-order valence-corrected chi connectivity index (χ4v) is 4.18. The van der Waals surface area contributed by atoms with Gasteiger partial charge in [-0.25, -0.2) is 0 Å². The Labute approximate surface area is 110 Å². The predicted octanol–water partition coefficient (Wildman–Crippen LogP) is 3.48. The maximum Gasteiger partial charge on any atom is 0.108 e. The van der Waals surface area contributed by atoms with Crippen molar-refractivity contribution in [3.8, 4) is 6.07 Å². The van der Waals surface area contributed by atoms with E-state index in [1.165, 1.54) is 32.1 Å². The second kappa shape index (κ2) is 5.63. The predicted molar refractivity (Wildman–Crippen MR) is 74.1 cm³/mol. The molecule has 0 amide bonds. The minimum absolute atomic E-state index is 0.204. The van der Waals surface area contributed by atoms with Gasteiger partial charge >= 0.3 is 0 Å². The molecule has 0 aromatic rings. The molecule has 0 heterocycles. The highest BCUT2D eigenvalue weighted by molar-refractivity contribution is 8.00. The van der Waals surface area contributed by atoms with Crippen LogP contribution >= 0.6 is 11.8 Å². The molecule has 0 aliphatic heterocycles. The summed E-state index contributed by atoms with van der Waals surface area (Å²) in [7, 11) is 0. The summed E-state index contributed by atoms with van der Waals surface area (Å²) in [5.41, 5.74) is -0.204. The normalized spacial score (nSPS) is 35.2. The summed E-state index contributed by atoms with van der Waals surface area (Å²) < 4.78 is 0. The van der Waals surface area contributed by atoms with Crippen LogP contribution in [-0.2, 0) is 0 Å². The third kappa shape index (κ3) is 3.63. The lowest BCUT2D eigenvalue weighted by Gasteiger charge is -2.37. The van der Waals surface area contributed by atoms with Gasteiger partial charge in [-0.15, -0.1) is 0 Å². The summed E-state index contributed by atoms with van der Waals surface area (Å²) >= 11 is 2.09. The van der Waals surface area contributed by atoms with E-state index in [2.05, 4.69) is 37.0 Å². The molecule has 2 saturated carbocycles. The van der Waals surface area contributed by atoms with Crippen LogP contribution in [-0.4, -0.2) is 22.1 Å². The second-order valence-electron chi connectivity index (χ2n) is 5.69. The summed E-state index contributed by atoms with van der Waals surface area (Å²) in [6.45, 7) is 4.56. The lowest BCUT2D eigenvalue weighted by Crippen LogP contribution is -2.49. The molecule has 96 valence electrons. The van der Waals surface area contributed by atoms with E-state index in [0.717, 1.165) is 18.1 Å². The van der Waals surface area contributed by atoms with E-state index in [9.17, 15) is 5.26 Å². The summed E-state index contributed by atoms with van der Waals surface area (Å²) in [6.07, 6.45) is 8.38. The molecule has 3 atom stereocenters. The Bertz CT molecular complexity index is 295. The standard InChI is InChI=1S/C14H24N2S/c1-3-11(2)17-13-5-4-8-14(9-13,10-15)16-12-6-7-12/h11-13,16H,3-9H2,1-2H3. The highest BCUT2D eigenvalue weighted by Gasteiger charge is 2.40. The molecule has 2 rings (SSSR count). The van der Waals surface area contributed by atoms with E-state index in [4.69, 9.17) is 0 Å². The van der Waals surface area contributed by atoms with Crippen molar-refractivity contribution >= 4 is 11.8 Å². The Morgan fingerprint density at radius 2 is 2.24 bits per heavy atom. The fraction of sp³-hybridized carbons (Fsp3) is 0.929. The summed E-state index contributed by atoms with van der Waals surface area (Å²) in [5.74, 6) is 0.